The van der Waals surface area contributed by atoms with Gasteiger partial charge in [0.1, 0.15) is 36.5 Å². The van der Waals surface area contributed by atoms with Crippen molar-refractivity contribution in [3.05, 3.63) is 120 Å². The summed E-state index contributed by atoms with van der Waals surface area (Å²) in [5.41, 5.74) is 23.5. The van der Waals surface area contributed by atoms with Crippen molar-refractivity contribution in [2.75, 3.05) is 13.1 Å². The maximum absolute atomic E-state index is 14.8. The molecule has 0 saturated heterocycles. The fourth-order valence-corrected chi connectivity index (χ4v) is 9.89. The Morgan fingerprint density at radius 1 is 0.652 bits per heavy atom. The number of nitrogens with zero attached hydrogens (tertiary/aromatic N) is 1. The minimum absolute atomic E-state index is 0.0242. The van der Waals surface area contributed by atoms with Gasteiger partial charge in [0.2, 0.25) is 23.6 Å². The van der Waals surface area contributed by atoms with Crippen molar-refractivity contribution in [2.45, 2.75) is 95.6 Å². The van der Waals surface area contributed by atoms with Gasteiger partial charge in [-0.2, -0.15) is 0 Å². The van der Waals surface area contributed by atoms with Crippen molar-refractivity contribution in [2.24, 2.45) is 33.8 Å². The molecule has 0 unspecified atom stereocenters. The van der Waals surface area contributed by atoms with Crippen molar-refractivity contribution in [3.63, 3.8) is 0 Å². The predicted octanol–water partition coefficient (Wildman–Crippen LogP) is 0.897. The van der Waals surface area contributed by atoms with Gasteiger partial charge in [-0.15, -0.1) is 0 Å². The van der Waals surface area contributed by atoms with Gasteiger partial charge in [-0.3, -0.25) is 29.0 Å². The van der Waals surface area contributed by atoms with Gasteiger partial charge < -0.3 is 63.7 Å². The number of hydrogen-bond acceptors (Lipinski definition) is 12. The van der Waals surface area contributed by atoms with Crippen LogP contribution in [0.2, 0.25) is 0 Å². The lowest BCUT2D eigenvalue weighted by Gasteiger charge is -2.28. The first-order valence-electron chi connectivity index (χ1n) is 22.6. The molecule has 0 bridgehead atoms. The Morgan fingerprint density at radius 3 is 1.74 bits per heavy atom. The standard InChI is InChI=1S/C49H64N9O10P/c1-31(2)43(58-46(64)40(29-42(60)61)56-45(63)39(17-9-10-26-50)55-44(62)38(51)16-11-27-54-49(52)53)47(65)57-41(28-32-18-22-34(59)23-19-32)48(66)68-30-33-20-24-37(25-21-33)69(67,35-12-5-3-6-13-35)36-14-7-4-8-15-36/h3-8,12-15,18-25,31,38-41,43,59H,9-11,16-17,26-30,50-51H2,1-2H3,(H,55,62)(H,56,63)(H,57,65)(H,58,64)(H,60,61)(H4,52,53,54)/t38-,39-,40-,41-,43-/m0/s1. The van der Waals surface area contributed by atoms with Crippen LogP contribution in [0.4, 0.5) is 0 Å². The molecule has 4 aromatic carbocycles. The summed E-state index contributed by atoms with van der Waals surface area (Å²) in [5, 5.41) is 31.7. The molecular weight excluding hydrogens is 906 g/mol. The number of aromatic hydroxyl groups is 1. The van der Waals surface area contributed by atoms with Crippen LogP contribution in [0, 0.1) is 5.92 Å². The van der Waals surface area contributed by atoms with Crippen molar-refractivity contribution >= 4 is 64.6 Å². The molecule has 0 radical (unpaired) electrons. The van der Waals surface area contributed by atoms with E-state index in [-0.39, 0.29) is 44.1 Å². The molecule has 19 nitrogen and oxygen atoms in total. The number of rotatable bonds is 27. The van der Waals surface area contributed by atoms with Gasteiger partial charge in [0, 0.05) is 28.9 Å². The third-order valence-corrected chi connectivity index (χ3v) is 14.1. The molecule has 0 aliphatic carbocycles. The van der Waals surface area contributed by atoms with Crippen LogP contribution in [0.25, 0.3) is 0 Å². The molecular formula is C49H64N9O10P. The minimum Gasteiger partial charge on any atom is -0.508 e. The van der Waals surface area contributed by atoms with Gasteiger partial charge in [0.25, 0.3) is 0 Å². The molecule has 4 rings (SSSR count). The monoisotopic (exact) mass is 969 g/mol. The molecule has 0 fully saturated rings. The van der Waals surface area contributed by atoms with Crippen molar-refractivity contribution in [1.82, 2.24) is 21.3 Å². The summed E-state index contributed by atoms with van der Waals surface area (Å²) in [6.45, 7) is 3.53. The van der Waals surface area contributed by atoms with Gasteiger partial charge in [-0.05, 0) is 67.8 Å². The number of nitrogens with two attached hydrogens (primary N) is 4. The molecule has 0 spiro atoms. The molecule has 4 amide bonds. The number of benzene rings is 4. The minimum atomic E-state index is -3.27. The fraction of sp³-hybridized carbons (Fsp3) is 0.367. The highest BCUT2D eigenvalue weighted by Crippen LogP contribution is 2.42. The van der Waals surface area contributed by atoms with E-state index < -0.39 is 85.3 Å². The largest absolute Gasteiger partial charge is 0.508 e. The zero-order valence-electron chi connectivity index (χ0n) is 38.8. The van der Waals surface area contributed by atoms with Crippen LogP contribution in [0.1, 0.15) is 63.5 Å². The molecule has 20 heteroatoms. The zero-order chi connectivity index (χ0) is 50.5. The van der Waals surface area contributed by atoms with Crippen LogP contribution in [0.15, 0.2) is 114 Å². The molecule has 0 aliphatic rings. The second-order valence-corrected chi connectivity index (χ2v) is 19.5. The summed E-state index contributed by atoms with van der Waals surface area (Å²) in [7, 11) is -3.27. The molecule has 0 saturated carbocycles. The zero-order valence-corrected chi connectivity index (χ0v) is 39.7. The second kappa shape index (κ2) is 27.1. The number of nitrogens with one attached hydrogen (secondary N) is 4. The van der Waals surface area contributed by atoms with E-state index in [4.69, 9.17) is 27.7 Å². The Hall–Kier alpha value is -7.08. The lowest BCUT2D eigenvalue weighted by Crippen LogP contribution is -2.60. The van der Waals surface area contributed by atoms with Crippen molar-refractivity contribution < 1.29 is 48.3 Å². The number of esters is 1. The number of unbranched alkanes of at least 4 members (excludes halogenated alkanes) is 1. The van der Waals surface area contributed by atoms with Gasteiger partial charge in [-0.25, -0.2) is 4.79 Å². The second-order valence-electron chi connectivity index (χ2n) is 16.8. The first-order chi connectivity index (χ1) is 32.9. The fourth-order valence-electron chi connectivity index (χ4n) is 7.24. The van der Waals surface area contributed by atoms with E-state index in [1.165, 1.54) is 12.1 Å². The quantitative estimate of drug-likeness (QED) is 0.0131. The van der Waals surface area contributed by atoms with E-state index in [1.54, 1.807) is 50.2 Å². The number of aliphatic imine (C=N–C) groups is 1. The first-order valence-corrected chi connectivity index (χ1v) is 24.3. The Morgan fingerprint density at radius 2 is 1.19 bits per heavy atom. The normalized spacial score (nSPS) is 13.4. The highest BCUT2D eigenvalue weighted by Gasteiger charge is 2.35. The van der Waals surface area contributed by atoms with Gasteiger partial charge >= 0.3 is 11.9 Å². The van der Waals surface area contributed by atoms with Gasteiger partial charge in [0.15, 0.2) is 13.1 Å². The van der Waals surface area contributed by atoms with Crippen LogP contribution in [0.3, 0.4) is 0 Å². The van der Waals surface area contributed by atoms with Crippen LogP contribution >= 0.6 is 7.14 Å². The number of hydrogen-bond donors (Lipinski definition) is 10. The smallest absolute Gasteiger partial charge is 0.329 e. The van der Waals surface area contributed by atoms with E-state index >= 15 is 0 Å². The molecule has 4 aromatic rings. The predicted molar refractivity (Wildman–Crippen MR) is 263 cm³/mol. The molecule has 0 aliphatic heterocycles. The van der Waals surface area contributed by atoms with E-state index in [0.29, 0.717) is 52.8 Å². The highest BCUT2D eigenvalue weighted by atomic mass is 31.2. The van der Waals surface area contributed by atoms with Crippen LogP contribution in [-0.2, 0) is 51.1 Å². The van der Waals surface area contributed by atoms with E-state index in [0.717, 1.165) is 0 Å². The van der Waals surface area contributed by atoms with E-state index in [9.17, 15) is 43.5 Å². The number of aliphatic carboxylic acids is 1. The van der Waals surface area contributed by atoms with Crippen LogP contribution in [0.5, 0.6) is 5.75 Å². The highest BCUT2D eigenvalue weighted by molar-refractivity contribution is 7.85. The van der Waals surface area contributed by atoms with E-state index in [1.807, 2.05) is 60.7 Å². The van der Waals surface area contributed by atoms with Crippen molar-refractivity contribution in [1.29, 1.82) is 0 Å². The SMILES string of the molecule is CC(C)[C@H](NC(=O)[C@H](CC(=O)O)NC(=O)[C@H](CCCCN)NC(=O)[C@@H](N)CCCN=C(N)N)C(=O)N[C@@H](Cc1ccc(O)cc1)C(=O)OCc1ccc(P(=O)(c2ccccc2)c2ccccc2)cc1. The topological polar surface area (TPSA) is 334 Å². The van der Waals surface area contributed by atoms with Crippen molar-refractivity contribution in [3.8, 4) is 5.75 Å². The lowest BCUT2D eigenvalue weighted by molar-refractivity contribution is -0.149. The third-order valence-electron chi connectivity index (χ3n) is 11.0. The number of phenolic OH excluding ortho intramolecular Hbond substituents is 1. The number of carboxylic acids is 1. The number of amides is 4. The Kier molecular flexibility index (Phi) is 21.4. The van der Waals surface area contributed by atoms with Gasteiger partial charge in [0.05, 0.1) is 12.5 Å². The molecule has 5 atom stereocenters. The summed E-state index contributed by atoms with van der Waals surface area (Å²) in [6, 6.07) is 24.5. The summed E-state index contributed by atoms with van der Waals surface area (Å²) in [4.78, 5) is 84.3. The third kappa shape index (κ3) is 16.9. The Bertz CT molecular complexity index is 2360. The molecule has 0 aromatic heterocycles. The summed E-state index contributed by atoms with van der Waals surface area (Å²) >= 11 is 0. The summed E-state index contributed by atoms with van der Waals surface area (Å²) in [5.74, 6) is -6.42. The maximum Gasteiger partial charge on any atom is 0.329 e. The summed E-state index contributed by atoms with van der Waals surface area (Å²) in [6.07, 6.45) is 0.554. The first kappa shape index (κ1) is 54.5. The average molecular weight is 970 g/mol. The number of carboxylic acid groups (broad SMARTS) is 1. The molecule has 0 heterocycles. The number of ether oxygens (including phenoxy) is 1. The Balaban J connectivity index is 1.50. The molecule has 69 heavy (non-hydrogen) atoms. The van der Waals surface area contributed by atoms with Crippen LogP contribution < -0.4 is 60.1 Å². The van der Waals surface area contributed by atoms with Gasteiger partial charge in [-0.1, -0.05) is 111 Å². The number of guanidine groups is 1. The van der Waals surface area contributed by atoms with Crippen LogP contribution in [-0.4, -0.2) is 95.0 Å². The maximum atomic E-state index is 14.8. The molecule has 14 N–H and O–H groups in total. The number of phenols is 1. The Labute approximate surface area is 401 Å². The summed E-state index contributed by atoms with van der Waals surface area (Å²) < 4.78 is 20.5. The number of carbonyl (C=O) groups excluding carboxylic acids is 5. The molecule has 370 valence electrons. The lowest BCUT2D eigenvalue weighted by atomic mass is 10.0. The average Bonchev–Trinajstić information content (AvgIpc) is 3.33. The van der Waals surface area contributed by atoms with E-state index in [2.05, 4.69) is 26.3 Å². The number of carbonyl (C=O) groups is 6.